The van der Waals surface area contributed by atoms with Crippen molar-refractivity contribution < 1.29 is 4.79 Å². The number of carbonyl (C=O) groups is 1. The quantitative estimate of drug-likeness (QED) is 0.738. The largest absolute Gasteiger partial charge is 0.346 e. The number of amides is 1. The third-order valence-corrected chi connectivity index (χ3v) is 5.49. The fourth-order valence-corrected chi connectivity index (χ4v) is 4.03. The summed E-state index contributed by atoms with van der Waals surface area (Å²) < 4.78 is 0. The highest BCUT2D eigenvalue weighted by Crippen LogP contribution is 2.29. The van der Waals surface area contributed by atoms with Crippen LogP contribution < -0.4 is 10.2 Å². The number of aryl methyl sites for hydroxylation is 2. The normalized spacial score (nSPS) is 16.5. The fraction of sp³-hybridized carbons (Fsp3) is 0.333. The fourth-order valence-electron chi connectivity index (χ4n) is 3.14. The van der Waals surface area contributed by atoms with Crippen LogP contribution in [-0.2, 0) is 0 Å². The van der Waals surface area contributed by atoms with E-state index < -0.39 is 0 Å². The Morgan fingerprint density at radius 3 is 2.89 bits per heavy atom. The first-order valence-corrected chi connectivity index (χ1v) is 9.53. The predicted molar refractivity (Wildman–Crippen MR) is 103 cm³/mol. The zero-order chi connectivity index (χ0) is 18.8. The van der Waals surface area contributed by atoms with Gasteiger partial charge in [-0.1, -0.05) is 0 Å². The minimum atomic E-state index is -0.208. The zero-order valence-electron chi connectivity index (χ0n) is 15.1. The van der Waals surface area contributed by atoms with Crippen LogP contribution in [0.5, 0.6) is 0 Å². The molecular weight excluding hydrogens is 362 g/mol. The van der Waals surface area contributed by atoms with Crippen molar-refractivity contribution in [1.29, 1.82) is 0 Å². The van der Waals surface area contributed by atoms with Crippen LogP contribution in [0.4, 0.5) is 5.95 Å². The summed E-state index contributed by atoms with van der Waals surface area (Å²) in [5.41, 5.74) is 2.19. The molecule has 0 radical (unpaired) electrons. The summed E-state index contributed by atoms with van der Waals surface area (Å²) in [4.78, 5) is 29.0. The summed E-state index contributed by atoms with van der Waals surface area (Å²) >= 11 is 1.64. The predicted octanol–water partition coefficient (Wildman–Crippen LogP) is 2.02. The molecule has 1 amide bonds. The Morgan fingerprint density at radius 2 is 2.15 bits per heavy atom. The Labute approximate surface area is 160 Å². The van der Waals surface area contributed by atoms with Gasteiger partial charge in [0, 0.05) is 31.5 Å². The van der Waals surface area contributed by atoms with Crippen molar-refractivity contribution in [3.63, 3.8) is 0 Å². The highest BCUT2D eigenvalue weighted by atomic mass is 32.1. The zero-order valence-corrected chi connectivity index (χ0v) is 15.9. The Hall–Kier alpha value is -2.94. The van der Waals surface area contributed by atoms with Crippen LogP contribution in [0.2, 0.25) is 0 Å². The molecule has 1 N–H and O–H groups in total. The van der Waals surface area contributed by atoms with Gasteiger partial charge in [0.1, 0.15) is 0 Å². The molecule has 1 saturated heterocycles. The van der Waals surface area contributed by atoms with Gasteiger partial charge >= 0.3 is 0 Å². The molecule has 4 rings (SSSR count). The van der Waals surface area contributed by atoms with Gasteiger partial charge in [-0.3, -0.25) is 4.79 Å². The minimum Gasteiger partial charge on any atom is -0.346 e. The van der Waals surface area contributed by atoms with Gasteiger partial charge in [-0.25, -0.2) is 15.0 Å². The highest BCUT2D eigenvalue weighted by Gasteiger charge is 2.26. The lowest BCUT2D eigenvalue weighted by Crippen LogP contribution is -2.37. The lowest BCUT2D eigenvalue weighted by molar-refractivity contribution is 0.0934. The minimum absolute atomic E-state index is 0.0270. The topological polar surface area (TPSA) is 96.8 Å². The molecule has 0 spiro atoms. The molecule has 8 nitrogen and oxygen atoms in total. The monoisotopic (exact) mass is 381 g/mol. The van der Waals surface area contributed by atoms with Crippen molar-refractivity contribution in [1.82, 2.24) is 30.5 Å². The summed E-state index contributed by atoms with van der Waals surface area (Å²) in [6.07, 6.45) is 4.15. The SMILES string of the molecule is Cc1nc(C)c(-c2ccnc(N3CCC(NC(=O)c4cccnn4)C3)n2)s1. The number of hydrogen-bond donors (Lipinski definition) is 1. The number of thiazole rings is 1. The van der Waals surface area contributed by atoms with Crippen LogP contribution in [0.25, 0.3) is 10.6 Å². The van der Waals surface area contributed by atoms with Crippen molar-refractivity contribution in [3.8, 4) is 10.6 Å². The molecular formula is C18H19N7OS. The van der Waals surface area contributed by atoms with Gasteiger partial charge in [0.2, 0.25) is 5.95 Å². The molecule has 1 unspecified atom stereocenters. The molecule has 0 aromatic carbocycles. The van der Waals surface area contributed by atoms with Gasteiger partial charge in [0.25, 0.3) is 5.91 Å². The second-order valence-electron chi connectivity index (χ2n) is 6.40. The first kappa shape index (κ1) is 17.5. The molecule has 0 saturated carbocycles. The third kappa shape index (κ3) is 3.77. The van der Waals surface area contributed by atoms with Gasteiger partial charge in [0.05, 0.1) is 21.3 Å². The number of anilines is 1. The molecule has 1 aliphatic heterocycles. The van der Waals surface area contributed by atoms with Gasteiger partial charge in [-0.2, -0.15) is 5.10 Å². The molecule has 9 heteroatoms. The smallest absolute Gasteiger partial charge is 0.272 e. The summed E-state index contributed by atoms with van der Waals surface area (Å²) in [6.45, 7) is 5.44. The van der Waals surface area contributed by atoms with Crippen LogP contribution in [0, 0.1) is 13.8 Å². The van der Waals surface area contributed by atoms with Gasteiger partial charge in [-0.05, 0) is 38.5 Å². The second-order valence-corrected chi connectivity index (χ2v) is 7.61. The Morgan fingerprint density at radius 1 is 1.26 bits per heavy atom. The van der Waals surface area contributed by atoms with Crippen molar-refractivity contribution in [3.05, 3.63) is 47.0 Å². The summed E-state index contributed by atoms with van der Waals surface area (Å²) in [5, 5.41) is 11.6. The van der Waals surface area contributed by atoms with Crippen molar-refractivity contribution in [2.75, 3.05) is 18.0 Å². The van der Waals surface area contributed by atoms with E-state index in [0.717, 1.165) is 34.2 Å². The van der Waals surface area contributed by atoms with E-state index in [1.54, 1.807) is 35.9 Å². The number of rotatable bonds is 4. The Kier molecular flexibility index (Phi) is 4.76. The number of aromatic nitrogens is 5. The van der Waals surface area contributed by atoms with Crippen LogP contribution in [0.3, 0.4) is 0 Å². The number of hydrogen-bond acceptors (Lipinski definition) is 8. The molecule has 0 aliphatic carbocycles. The van der Waals surface area contributed by atoms with Crippen molar-refractivity contribution in [2.24, 2.45) is 0 Å². The summed E-state index contributed by atoms with van der Waals surface area (Å²) in [5.74, 6) is 0.467. The average molecular weight is 381 g/mol. The Bertz CT molecular complexity index is 959. The number of carbonyl (C=O) groups excluding carboxylic acids is 1. The van der Waals surface area contributed by atoms with Crippen molar-refractivity contribution >= 4 is 23.2 Å². The van der Waals surface area contributed by atoms with Crippen LogP contribution in [0.1, 0.15) is 27.6 Å². The average Bonchev–Trinajstić information content (AvgIpc) is 3.28. The molecule has 3 aromatic heterocycles. The lowest BCUT2D eigenvalue weighted by Gasteiger charge is -2.17. The summed E-state index contributed by atoms with van der Waals surface area (Å²) in [6, 6.07) is 5.29. The standard InChI is InChI=1S/C18H19N7OS/c1-11-16(27-12(2)21-11)14-5-8-19-18(23-14)25-9-6-13(10-25)22-17(26)15-4-3-7-20-24-15/h3-5,7-8,13H,6,9-10H2,1-2H3,(H,22,26). The molecule has 1 atom stereocenters. The maximum absolute atomic E-state index is 12.3. The van der Waals surface area contributed by atoms with Crippen LogP contribution in [0.15, 0.2) is 30.6 Å². The second kappa shape index (κ2) is 7.36. The van der Waals surface area contributed by atoms with E-state index in [1.807, 2.05) is 19.9 Å². The van der Waals surface area contributed by atoms with Crippen LogP contribution >= 0.6 is 11.3 Å². The van der Waals surface area contributed by atoms with E-state index >= 15 is 0 Å². The molecule has 3 aromatic rings. The molecule has 138 valence electrons. The molecule has 1 fully saturated rings. The number of nitrogens with zero attached hydrogens (tertiary/aromatic N) is 6. The summed E-state index contributed by atoms with van der Waals surface area (Å²) in [7, 11) is 0. The van der Waals surface area contributed by atoms with E-state index in [0.29, 0.717) is 18.2 Å². The lowest BCUT2D eigenvalue weighted by atomic mass is 10.2. The highest BCUT2D eigenvalue weighted by molar-refractivity contribution is 7.15. The van der Waals surface area contributed by atoms with Crippen LogP contribution in [-0.4, -0.2) is 50.2 Å². The first-order chi connectivity index (χ1) is 13.1. The first-order valence-electron chi connectivity index (χ1n) is 8.71. The third-order valence-electron chi connectivity index (χ3n) is 4.39. The molecule has 4 heterocycles. The van der Waals surface area contributed by atoms with E-state index in [2.05, 4.69) is 30.4 Å². The Balaban J connectivity index is 1.45. The van der Waals surface area contributed by atoms with Crippen molar-refractivity contribution in [2.45, 2.75) is 26.3 Å². The van der Waals surface area contributed by atoms with E-state index in [-0.39, 0.29) is 11.9 Å². The van der Waals surface area contributed by atoms with E-state index in [1.165, 1.54) is 0 Å². The molecule has 27 heavy (non-hydrogen) atoms. The van der Waals surface area contributed by atoms with Gasteiger partial charge in [-0.15, -0.1) is 16.4 Å². The van der Waals surface area contributed by atoms with E-state index in [4.69, 9.17) is 4.98 Å². The maximum Gasteiger partial charge on any atom is 0.272 e. The van der Waals surface area contributed by atoms with Gasteiger partial charge < -0.3 is 10.2 Å². The van der Waals surface area contributed by atoms with Gasteiger partial charge in [0.15, 0.2) is 5.69 Å². The maximum atomic E-state index is 12.3. The molecule has 1 aliphatic rings. The van der Waals surface area contributed by atoms with E-state index in [9.17, 15) is 4.79 Å². The number of nitrogens with one attached hydrogen (secondary N) is 1. The molecule has 0 bridgehead atoms.